The van der Waals surface area contributed by atoms with E-state index >= 15 is 0 Å². The quantitative estimate of drug-likeness (QED) is 0.591. The number of thiocarbonyl (C=S) groups is 1. The van der Waals surface area contributed by atoms with E-state index in [-0.39, 0.29) is 11.9 Å². The first-order valence-corrected chi connectivity index (χ1v) is 8.18. The molecule has 21 heavy (non-hydrogen) atoms. The maximum atomic E-state index is 12.1. The van der Waals surface area contributed by atoms with Crippen LogP contribution in [0.5, 0.6) is 5.75 Å². The zero-order valence-electron chi connectivity index (χ0n) is 12.5. The Morgan fingerprint density at radius 3 is 2.71 bits per heavy atom. The largest absolute Gasteiger partial charge is 0.492 e. The predicted molar refractivity (Wildman–Crippen MR) is 92.9 cm³/mol. The summed E-state index contributed by atoms with van der Waals surface area (Å²) in [6.07, 6.45) is 2.09. The summed E-state index contributed by atoms with van der Waals surface area (Å²) in [6, 6.07) is 5.42. The highest BCUT2D eigenvalue weighted by atomic mass is 79.9. The van der Waals surface area contributed by atoms with Gasteiger partial charge in [-0.2, -0.15) is 0 Å². The van der Waals surface area contributed by atoms with Crippen LogP contribution in [0.2, 0.25) is 0 Å². The molecule has 1 rings (SSSR count). The van der Waals surface area contributed by atoms with Crippen molar-refractivity contribution >= 4 is 39.2 Å². The number of benzene rings is 1. The number of ether oxygens (including phenoxy) is 1. The van der Waals surface area contributed by atoms with E-state index in [0.29, 0.717) is 17.3 Å². The molecule has 0 aliphatic heterocycles. The molecule has 0 saturated carbocycles. The van der Waals surface area contributed by atoms with Gasteiger partial charge in [-0.25, -0.2) is 0 Å². The Bertz CT molecular complexity index is 506. The second-order valence-corrected chi connectivity index (χ2v) is 6.19. The van der Waals surface area contributed by atoms with Gasteiger partial charge >= 0.3 is 0 Å². The van der Waals surface area contributed by atoms with Crippen LogP contribution in [0.1, 0.15) is 44.0 Å². The smallest absolute Gasteiger partial charge is 0.257 e. The summed E-state index contributed by atoms with van der Waals surface area (Å²) in [5.41, 5.74) is 0.526. The van der Waals surface area contributed by atoms with Gasteiger partial charge in [-0.15, -0.1) is 0 Å². The average Bonchev–Trinajstić information content (AvgIpc) is 2.39. The first-order valence-electron chi connectivity index (χ1n) is 6.98. The van der Waals surface area contributed by atoms with Gasteiger partial charge in [0.15, 0.2) is 5.11 Å². The van der Waals surface area contributed by atoms with Crippen molar-refractivity contribution < 1.29 is 9.53 Å². The summed E-state index contributed by atoms with van der Waals surface area (Å²) in [7, 11) is 0. The molecule has 0 fully saturated rings. The van der Waals surface area contributed by atoms with E-state index in [4.69, 9.17) is 17.0 Å². The highest BCUT2D eigenvalue weighted by Gasteiger charge is 2.11. The zero-order valence-corrected chi connectivity index (χ0v) is 14.9. The van der Waals surface area contributed by atoms with Gasteiger partial charge in [-0.05, 0) is 66.6 Å². The Morgan fingerprint density at radius 2 is 2.14 bits per heavy atom. The van der Waals surface area contributed by atoms with Crippen molar-refractivity contribution in [3.05, 3.63) is 28.2 Å². The van der Waals surface area contributed by atoms with Crippen molar-refractivity contribution in [2.24, 2.45) is 0 Å². The van der Waals surface area contributed by atoms with Crippen LogP contribution in [0, 0.1) is 0 Å². The minimum absolute atomic E-state index is 0.180. The first kappa shape index (κ1) is 17.9. The molecule has 0 aromatic heterocycles. The van der Waals surface area contributed by atoms with Crippen molar-refractivity contribution in [1.82, 2.24) is 10.6 Å². The van der Waals surface area contributed by atoms with Gasteiger partial charge in [0.25, 0.3) is 5.91 Å². The van der Waals surface area contributed by atoms with E-state index in [2.05, 4.69) is 33.5 Å². The Hall–Kier alpha value is -1.14. The van der Waals surface area contributed by atoms with E-state index in [0.717, 1.165) is 23.1 Å². The fraction of sp³-hybridized carbons (Fsp3) is 0.467. The Balaban J connectivity index is 2.65. The van der Waals surface area contributed by atoms with Crippen LogP contribution >= 0.6 is 28.1 Å². The van der Waals surface area contributed by atoms with Gasteiger partial charge in [0.2, 0.25) is 0 Å². The molecule has 0 radical (unpaired) electrons. The highest BCUT2D eigenvalue weighted by molar-refractivity contribution is 9.10. The number of unbranched alkanes of at least 4 members (excludes halogenated alkanes) is 1. The molecule has 2 N–H and O–H groups in total. The summed E-state index contributed by atoms with van der Waals surface area (Å²) < 4.78 is 6.39. The highest BCUT2D eigenvalue weighted by Crippen LogP contribution is 2.26. The van der Waals surface area contributed by atoms with Gasteiger partial charge in [0.1, 0.15) is 5.75 Å². The molecule has 1 amide bonds. The number of amides is 1. The standard InChI is InChI=1S/C15H21BrN2O2S/c1-4-5-8-20-13-7-6-11(9-12(13)16)14(19)18-15(21)17-10(2)3/h6-7,9-10H,4-5,8H2,1-3H3,(H2,17,18,19,21). The van der Waals surface area contributed by atoms with Crippen LogP contribution in [0.15, 0.2) is 22.7 Å². The molecule has 4 nitrogen and oxygen atoms in total. The van der Waals surface area contributed by atoms with Crippen LogP contribution in [-0.2, 0) is 0 Å². The number of nitrogens with one attached hydrogen (secondary N) is 2. The summed E-state index contributed by atoms with van der Waals surface area (Å²) in [5, 5.41) is 5.94. The maximum absolute atomic E-state index is 12.1. The molecular formula is C15H21BrN2O2S. The van der Waals surface area contributed by atoms with E-state index in [1.54, 1.807) is 18.2 Å². The molecule has 0 aliphatic carbocycles. The third kappa shape index (κ3) is 6.44. The summed E-state index contributed by atoms with van der Waals surface area (Å²) in [4.78, 5) is 12.1. The molecular weight excluding hydrogens is 352 g/mol. The minimum Gasteiger partial charge on any atom is -0.492 e. The van der Waals surface area contributed by atoms with E-state index in [9.17, 15) is 4.79 Å². The normalized spacial score (nSPS) is 10.3. The number of rotatable bonds is 6. The maximum Gasteiger partial charge on any atom is 0.257 e. The lowest BCUT2D eigenvalue weighted by molar-refractivity contribution is 0.0976. The van der Waals surface area contributed by atoms with Crippen LogP contribution in [0.25, 0.3) is 0 Å². The summed E-state index contributed by atoms with van der Waals surface area (Å²) in [6.45, 7) is 6.69. The minimum atomic E-state index is -0.242. The lowest BCUT2D eigenvalue weighted by Crippen LogP contribution is -2.42. The topological polar surface area (TPSA) is 50.4 Å². The molecule has 0 aliphatic rings. The average molecular weight is 373 g/mol. The fourth-order valence-electron chi connectivity index (χ4n) is 1.56. The molecule has 6 heteroatoms. The third-order valence-corrected chi connectivity index (χ3v) is 3.44. The van der Waals surface area contributed by atoms with Crippen LogP contribution < -0.4 is 15.4 Å². The fourth-order valence-corrected chi connectivity index (χ4v) is 2.38. The van der Waals surface area contributed by atoms with Crippen molar-refractivity contribution in [3.8, 4) is 5.75 Å². The van der Waals surface area contributed by atoms with Gasteiger partial charge < -0.3 is 10.1 Å². The molecule has 0 bridgehead atoms. The predicted octanol–water partition coefficient (Wildman–Crippen LogP) is 3.64. The van der Waals surface area contributed by atoms with Crippen molar-refractivity contribution in [2.45, 2.75) is 39.7 Å². The van der Waals surface area contributed by atoms with Crippen LogP contribution in [0.4, 0.5) is 0 Å². The van der Waals surface area contributed by atoms with E-state index in [1.165, 1.54) is 0 Å². The number of halogens is 1. The number of carbonyl (C=O) groups excluding carboxylic acids is 1. The van der Waals surface area contributed by atoms with E-state index < -0.39 is 0 Å². The van der Waals surface area contributed by atoms with Crippen molar-refractivity contribution in [3.63, 3.8) is 0 Å². The summed E-state index contributed by atoms with van der Waals surface area (Å²) in [5.74, 6) is 0.497. The lowest BCUT2D eigenvalue weighted by atomic mass is 10.2. The first-order chi connectivity index (χ1) is 9.93. The van der Waals surface area contributed by atoms with Crippen LogP contribution in [0.3, 0.4) is 0 Å². The van der Waals surface area contributed by atoms with Crippen molar-refractivity contribution in [1.29, 1.82) is 0 Å². The number of carbonyl (C=O) groups is 1. The van der Waals surface area contributed by atoms with Crippen LogP contribution in [-0.4, -0.2) is 23.7 Å². The van der Waals surface area contributed by atoms with Gasteiger partial charge in [-0.3, -0.25) is 10.1 Å². The van der Waals surface area contributed by atoms with E-state index in [1.807, 2.05) is 13.8 Å². The van der Waals surface area contributed by atoms with Gasteiger partial charge in [0, 0.05) is 11.6 Å². The lowest BCUT2D eigenvalue weighted by Gasteiger charge is -2.13. The second-order valence-electron chi connectivity index (χ2n) is 4.93. The SMILES string of the molecule is CCCCOc1ccc(C(=O)NC(=S)NC(C)C)cc1Br. The molecule has 0 heterocycles. The Morgan fingerprint density at radius 1 is 1.43 bits per heavy atom. The molecule has 116 valence electrons. The molecule has 0 unspecified atom stereocenters. The molecule has 1 aromatic carbocycles. The molecule has 0 atom stereocenters. The van der Waals surface area contributed by atoms with Gasteiger partial charge in [-0.1, -0.05) is 13.3 Å². The van der Waals surface area contributed by atoms with Gasteiger partial charge in [0.05, 0.1) is 11.1 Å². The van der Waals surface area contributed by atoms with Crippen molar-refractivity contribution in [2.75, 3.05) is 6.61 Å². The zero-order chi connectivity index (χ0) is 15.8. The second kappa shape index (κ2) is 9.00. The number of hydrogen-bond donors (Lipinski definition) is 2. The summed E-state index contributed by atoms with van der Waals surface area (Å²) >= 11 is 8.48. The molecule has 1 aromatic rings. The molecule has 0 saturated heterocycles. The third-order valence-electron chi connectivity index (χ3n) is 2.60. The Labute approximate surface area is 139 Å². The molecule has 0 spiro atoms. The number of hydrogen-bond acceptors (Lipinski definition) is 3. The monoisotopic (exact) mass is 372 g/mol. The Kier molecular flexibility index (Phi) is 7.67.